The predicted octanol–water partition coefficient (Wildman–Crippen LogP) is 21.2. The minimum absolute atomic E-state index is 0.735. The highest BCUT2D eigenvalue weighted by Gasteiger charge is 2.48. The first-order valence-corrected chi connectivity index (χ1v) is 37.4. The lowest BCUT2D eigenvalue weighted by molar-refractivity contribution is 0.304. The molecule has 1 aliphatic carbocycles. The Morgan fingerprint density at radius 2 is 0.621 bits per heavy atom. The van der Waals surface area contributed by atoms with Crippen LogP contribution < -0.4 is 41.3 Å². The van der Waals surface area contributed by atoms with Crippen molar-refractivity contribution in [3.63, 3.8) is 0 Å². The standard InChI is InChI=1S/C89H82N2O2P2/c1-3-5-7-9-11-29-59-92-69-49-45-67(46-50-69)90-85-41-27-25-39-79(85)81-61-65(43-57-87(81)90)89(66-44-58-88-82(62-66)80-40-26-28-42-86(80)91(88)68-47-51-70(52-48-68)93-60-30-12-10-8-6-4-2)83-63-75(94(71-31-17-13-18-32-71)72-33-19-14-20-34-72)53-55-77(83)78-56-54-76(64-84(78)89)95(73-35-21-15-22-36-73)74-37-23-16-24-38-74/h13-28,31-58,61-64H,3-12,29-30,59-60H2,1-2H3. The number of hydrogen-bond acceptors (Lipinski definition) is 2. The molecular formula is C89H82N2O2P2. The van der Waals surface area contributed by atoms with E-state index in [1.165, 1.54) is 162 Å². The molecule has 0 radical (unpaired) electrons. The van der Waals surface area contributed by atoms with Gasteiger partial charge in [0.05, 0.1) is 40.7 Å². The van der Waals surface area contributed by atoms with E-state index in [-0.39, 0.29) is 0 Å². The molecule has 0 saturated heterocycles. The number of para-hydroxylation sites is 2. The van der Waals surface area contributed by atoms with Gasteiger partial charge in [-0.25, -0.2) is 0 Å². The van der Waals surface area contributed by atoms with E-state index < -0.39 is 21.3 Å². The number of aromatic nitrogens is 2. The fourth-order valence-electron chi connectivity index (χ4n) is 15.1. The second kappa shape index (κ2) is 28.3. The van der Waals surface area contributed by atoms with Crippen LogP contribution in [0.3, 0.4) is 0 Å². The lowest BCUT2D eigenvalue weighted by atomic mass is 9.67. The topological polar surface area (TPSA) is 28.3 Å². The number of hydrogen-bond donors (Lipinski definition) is 0. The van der Waals surface area contributed by atoms with E-state index in [2.05, 4.69) is 314 Å². The number of rotatable bonds is 26. The highest BCUT2D eigenvalue weighted by molar-refractivity contribution is 7.80. The van der Waals surface area contributed by atoms with Gasteiger partial charge in [0, 0.05) is 32.9 Å². The van der Waals surface area contributed by atoms with Gasteiger partial charge in [-0.05, 0) is 191 Å². The van der Waals surface area contributed by atoms with Crippen LogP contribution in [0.4, 0.5) is 0 Å². The maximum atomic E-state index is 6.38. The average Bonchev–Trinajstić information content (AvgIpc) is 1.54. The smallest absolute Gasteiger partial charge is 0.119 e. The summed E-state index contributed by atoms with van der Waals surface area (Å²) in [6.07, 6.45) is 14.8. The first-order valence-electron chi connectivity index (χ1n) is 34.7. The number of benzene rings is 12. The third-order valence-corrected chi connectivity index (χ3v) is 24.5. The first kappa shape index (κ1) is 61.9. The average molecular weight is 1270 g/mol. The third-order valence-electron chi connectivity index (χ3n) is 19.6. The fourth-order valence-corrected chi connectivity index (χ4v) is 19.7. The maximum Gasteiger partial charge on any atom is 0.119 e. The van der Waals surface area contributed by atoms with E-state index in [1.54, 1.807) is 0 Å². The summed E-state index contributed by atoms with van der Waals surface area (Å²) in [5.41, 5.74) is 13.6. The predicted molar refractivity (Wildman–Crippen MR) is 408 cm³/mol. The molecule has 0 spiro atoms. The van der Waals surface area contributed by atoms with Crippen LogP contribution in [0.15, 0.2) is 291 Å². The molecule has 15 rings (SSSR count). The van der Waals surface area contributed by atoms with E-state index >= 15 is 0 Å². The van der Waals surface area contributed by atoms with Crippen molar-refractivity contribution in [3.8, 4) is 34.0 Å². The summed E-state index contributed by atoms with van der Waals surface area (Å²) in [6.45, 7) is 6.02. The van der Waals surface area contributed by atoms with E-state index in [0.29, 0.717) is 0 Å². The van der Waals surface area contributed by atoms with Crippen LogP contribution in [0.1, 0.15) is 113 Å². The molecule has 0 saturated carbocycles. The minimum atomic E-state index is -0.976. The Bertz CT molecular complexity index is 4530. The lowest BCUT2D eigenvalue weighted by Crippen LogP contribution is -2.31. The van der Waals surface area contributed by atoms with Crippen LogP contribution in [0.25, 0.3) is 66.1 Å². The zero-order valence-corrected chi connectivity index (χ0v) is 56.5. The third kappa shape index (κ3) is 12.1. The van der Waals surface area contributed by atoms with Crippen molar-refractivity contribution < 1.29 is 9.47 Å². The van der Waals surface area contributed by atoms with Gasteiger partial charge in [0.1, 0.15) is 11.5 Å². The Labute approximate surface area is 563 Å². The van der Waals surface area contributed by atoms with E-state index in [0.717, 1.165) is 60.0 Å². The normalized spacial score (nSPS) is 12.5. The number of nitrogens with zero attached hydrogens (tertiary/aromatic N) is 2. The summed E-state index contributed by atoms with van der Waals surface area (Å²) in [4.78, 5) is 0. The molecule has 14 aromatic rings. The molecule has 95 heavy (non-hydrogen) atoms. The molecule has 0 bridgehead atoms. The number of fused-ring (bicyclic) bond motifs is 9. The van der Waals surface area contributed by atoms with Gasteiger partial charge < -0.3 is 18.6 Å². The SMILES string of the molecule is CCCCCCCCOc1ccc(-n2c3ccccc3c3cc(C4(c5ccc6c(c5)c5ccccc5n6-c5ccc(OCCCCCCCC)cc5)c5cc(P(c6ccccc6)c6ccccc6)ccc5-c5ccc(P(c6ccccc6)c6ccccc6)cc54)ccc32)cc1. The molecule has 4 nitrogen and oxygen atoms in total. The van der Waals surface area contributed by atoms with Crippen LogP contribution in [-0.4, -0.2) is 22.3 Å². The molecule has 6 heteroatoms. The molecule has 1 aliphatic rings. The number of ether oxygens (including phenoxy) is 2. The van der Waals surface area contributed by atoms with Crippen molar-refractivity contribution in [1.29, 1.82) is 0 Å². The molecule has 0 amide bonds. The molecule has 0 fully saturated rings. The fraction of sp³-hybridized carbons (Fsp3) is 0.191. The Morgan fingerprint density at radius 1 is 0.284 bits per heavy atom. The summed E-state index contributed by atoms with van der Waals surface area (Å²) in [5.74, 6) is 1.83. The second-order valence-corrected chi connectivity index (χ2v) is 30.1. The van der Waals surface area contributed by atoms with Gasteiger partial charge in [0.25, 0.3) is 0 Å². The molecule has 2 heterocycles. The quantitative estimate of drug-likeness (QED) is 0.0399. The van der Waals surface area contributed by atoms with Gasteiger partial charge >= 0.3 is 0 Å². The van der Waals surface area contributed by atoms with Gasteiger partial charge in [-0.1, -0.05) is 272 Å². The van der Waals surface area contributed by atoms with Crippen molar-refractivity contribution in [2.45, 2.75) is 96.3 Å². The number of unbranched alkanes of at least 4 members (excludes halogenated alkanes) is 10. The molecule has 0 aliphatic heterocycles. The summed E-state index contributed by atoms with van der Waals surface area (Å²) >= 11 is 0. The van der Waals surface area contributed by atoms with Crippen molar-refractivity contribution in [1.82, 2.24) is 9.13 Å². The summed E-state index contributed by atoms with van der Waals surface area (Å²) in [6, 6.07) is 111. The molecule has 2 aromatic heterocycles. The monoisotopic (exact) mass is 1270 g/mol. The van der Waals surface area contributed by atoms with Gasteiger partial charge in [0.2, 0.25) is 0 Å². The molecule has 12 aromatic carbocycles. The van der Waals surface area contributed by atoms with Gasteiger partial charge in [-0.3, -0.25) is 0 Å². The van der Waals surface area contributed by atoms with Crippen molar-refractivity contribution in [3.05, 3.63) is 313 Å². The van der Waals surface area contributed by atoms with E-state index in [4.69, 9.17) is 9.47 Å². The van der Waals surface area contributed by atoms with Crippen LogP contribution in [-0.2, 0) is 5.41 Å². The summed E-state index contributed by atoms with van der Waals surface area (Å²) < 4.78 is 17.7. The molecule has 470 valence electrons. The van der Waals surface area contributed by atoms with Crippen molar-refractivity contribution in [2.75, 3.05) is 13.2 Å². The molecule has 0 unspecified atom stereocenters. The largest absolute Gasteiger partial charge is 0.494 e. The Balaban J connectivity index is 0.958. The highest BCUT2D eigenvalue weighted by atomic mass is 31.1. The second-order valence-electron chi connectivity index (χ2n) is 25.6. The Kier molecular flexibility index (Phi) is 18.5. The molecular weight excluding hydrogens is 1190 g/mol. The Hall–Kier alpha value is -9.30. The highest BCUT2D eigenvalue weighted by Crippen LogP contribution is 2.58. The maximum absolute atomic E-state index is 6.38. The van der Waals surface area contributed by atoms with Gasteiger partial charge in [-0.15, -0.1) is 0 Å². The van der Waals surface area contributed by atoms with Crippen LogP contribution in [0.5, 0.6) is 11.5 Å². The minimum Gasteiger partial charge on any atom is -0.494 e. The molecule has 0 atom stereocenters. The summed E-state index contributed by atoms with van der Waals surface area (Å²) in [5, 5.41) is 12.8. The zero-order chi connectivity index (χ0) is 63.9. The van der Waals surface area contributed by atoms with E-state index in [9.17, 15) is 0 Å². The van der Waals surface area contributed by atoms with E-state index in [1.807, 2.05) is 0 Å². The first-order chi connectivity index (χ1) is 47.1. The van der Waals surface area contributed by atoms with Crippen molar-refractivity contribution in [2.24, 2.45) is 0 Å². The lowest BCUT2D eigenvalue weighted by Gasteiger charge is -2.35. The molecule has 0 N–H and O–H groups in total. The van der Waals surface area contributed by atoms with Crippen molar-refractivity contribution >= 4 is 91.3 Å². The van der Waals surface area contributed by atoms with Crippen LogP contribution in [0, 0.1) is 0 Å². The Morgan fingerprint density at radius 3 is 1.00 bits per heavy atom. The zero-order valence-electron chi connectivity index (χ0n) is 54.7. The van der Waals surface area contributed by atoms with Gasteiger partial charge in [0.15, 0.2) is 0 Å². The van der Waals surface area contributed by atoms with Crippen LogP contribution >= 0.6 is 15.8 Å². The van der Waals surface area contributed by atoms with Gasteiger partial charge in [-0.2, -0.15) is 0 Å². The summed E-state index contributed by atoms with van der Waals surface area (Å²) in [7, 11) is -1.95. The van der Waals surface area contributed by atoms with Crippen LogP contribution in [0.2, 0.25) is 0 Å².